The average Bonchev–Trinajstić information content (AvgIpc) is 3.65. The Morgan fingerprint density at radius 1 is 0.327 bits per heavy atom. The van der Waals surface area contributed by atoms with Crippen LogP contribution in [0.1, 0.15) is 0 Å². The largest absolute Gasteiger partial charge is 0.455 e. The average molecular weight is 701 g/mol. The van der Waals surface area contributed by atoms with Gasteiger partial charge in [0.05, 0.1) is 11.4 Å². The molecule has 0 amide bonds. The molecule has 3 nitrogen and oxygen atoms in total. The number of hydrogen-bond acceptors (Lipinski definition) is 3. The molecule has 256 valence electrons. The SMILES string of the molecule is c1ccc(-c2nc(-c3cccc(-c4cccc(-c5c6ccccc6cc6c5ccc5ccccc56)c4)c3)cc(-c3cccc4c3oc3ccccc34)n2)cc1. The molecule has 3 heteroatoms. The second kappa shape index (κ2) is 12.6. The Morgan fingerprint density at radius 2 is 0.945 bits per heavy atom. The fourth-order valence-corrected chi connectivity index (χ4v) is 8.24. The molecule has 0 saturated carbocycles. The van der Waals surface area contributed by atoms with Gasteiger partial charge in [-0.1, -0.05) is 158 Å². The number of fused-ring (bicyclic) bond motifs is 7. The molecule has 0 saturated heterocycles. The van der Waals surface area contributed by atoms with Gasteiger partial charge in [-0.05, 0) is 91.0 Å². The molecule has 0 atom stereocenters. The summed E-state index contributed by atoms with van der Waals surface area (Å²) in [6.07, 6.45) is 0. The third-order valence-electron chi connectivity index (χ3n) is 10.9. The predicted molar refractivity (Wildman–Crippen MR) is 229 cm³/mol. The van der Waals surface area contributed by atoms with Crippen molar-refractivity contribution in [3.63, 3.8) is 0 Å². The Hall–Kier alpha value is -7.36. The van der Waals surface area contributed by atoms with Crippen molar-refractivity contribution >= 4 is 54.3 Å². The fraction of sp³-hybridized carbons (Fsp3) is 0. The van der Waals surface area contributed by atoms with Crippen molar-refractivity contribution in [2.75, 3.05) is 0 Å². The summed E-state index contributed by atoms with van der Waals surface area (Å²) in [5.74, 6) is 0.670. The zero-order chi connectivity index (χ0) is 36.3. The van der Waals surface area contributed by atoms with Crippen LogP contribution in [0, 0.1) is 0 Å². The fourth-order valence-electron chi connectivity index (χ4n) is 8.24. The van der Waals surface area contributed by atoms with E-state index in [9.17, 15) is 0 Å². The third-order valence-corrected chi connectivity index (χ3v) is 10.9. The van der Waals surface area contributed by atoms with Gasteiger partial charge in [0.1, 0.15) is 11.2 Å². The van der Waals surface area contributed by atoms with E-state index < -0.39 is 0 Å². The van der Waals surface area contributed by atoms with Crippen LogP contribution in [0.5, 0.6) is 0 Å². The van der Waals surface area contributed by atoms with Gasteiger partial charge in [0.25, 0.3) is 0 Å². The van der Waals surface area contributed by atoms with E-state index in [1.807, 2.05) is 30.3 Å². The standard InChI is InChI=1S/C52H32N2O/c1-2-14-34(15-3-1)52-53-47(32-48(54-52)45-25-12-24-44-42-23-8-9-26-49(42)55-51(44)45)38-19-10-17-35(29-38)36-18-11-20-39(30-36)50-41-22-7-5-16-37(41)31-46-40-21-6-4-13-33(40)27-28-43(46)50/h1-32H. The van der Waals surface area contributed by atoms with Gasteiger partial charge in [-0.3, -0.25) is 0 Å². The summed E-state index contributed by atoms with van der Waals surface area (Å²) in [7, 11) is 0. The first-order valence-corrected chi connectivity index (χ1v) is 18.6. The van der Waals surface area contributed by atoms with Gasteiger partial charge in [-0.25, -0.2) is 9.97 Å². The minimum atomic E-state index is 0.670. The van der Waals surface area contributed by atoms with E-state index in [-0.39, 0.29) is 0 Å². The van der Waals surface area contributed by atoms with Crippen LogP contribution in [0.3, 0.4) is 0 Å². The maximum absolute atomic E-state index is 6.47. The number of rotatable bonds is 5. The lowest BCUT2D eigenvalue weighted by molar-refractivity contribution is 0.670. The maximum atomic E-state index is 6.47. The lowest BCUT2D eigenvalue weighted by Gasteiger charge is -2.15. The molecule has 0 aliphatic carbocycles. The van der Waals surface area contributed by atoms with Crippen LogP contribution in [0.4, 0.5) is 0 Å². The Labute approximate surface area is 317 Å². The number of aromatic nitrogens is 2. The van der Waals surface area contributed by atoms with Crippen LogP contribution >= 0.6 is 0 Å². The van der Waals surface area contributed by atoms with E-state index in [1.54, 1.807) is 0 Å². The highest BCUT2D eigenvalue weighted by Crippen LogP contribution is 2.41. The molecule has 0 unspecified atom stereocenters. The summed E-state index contributed by atoms with van der Waals surface area (Å²) in [4.78, 5) is 10.3. The Bertz CT molecular complexity index is 3270. The summed E-state index contributed by atoms with van der Waals surface area (Å²) in [5.41, 5.74) is 11.0. The Kier molecular flexibility index (Phi) is 7.17. The summed E-state index contributed by atoms with van der Waals surface area (Å²) in [6.45, 7) is 0. The topological polar surface area (TPSA) is 38.9 Å². The number of benzene rings is 9. The normalized spacial score (nSPS) is 11.6. The minimum Gasteiger partial charge on any atom is -0.455 e. The molecule has 0 fully saturated rings. The molecular formula is C52H32N2O. The molecule has 0 aliphatic heterocycles. The minimum absolute atomic E-state index is 0.670. The molecule has 0 bridgehead atoms. The van der Waals surface area contributed by atoms with E-state index in [2.05, 4.69) is 164 Å². The summed E-state index contributed by atoms with van der Waals surface area (Å²) in [6, 6.07) is 68.7. The molecule has 2 heterocycles. The molecule has 11 aromatic rings. The molecule has 55 heavy (non-hydrogen) atoms. The van der Waals surface area contributed by atoms with Crippen molar-refractivity contribution in [2.24, 2.45) is 0 Å². The van der Waals surface area contributed by atoms with Crippen molar-refractivity contribution in [3.05, 3.63) is 194 Å². The molecule has 2 aromatic heterocycles. The first-order chi connectivity index (χ1) is 27.2. The molecule has 0 N–H and O–H groups in total. The maximum Gasteiger partial charge on any atom is 0.160 e. The van der Waals surface area contributed by atoms with Gasteiger partial charge in [-0.2, -0.15) is 0 Å². The number of para-hydroxylation sites is 2. The summed E-state index contributed by atoms with van der Waals surface area (Å²) >= 11 is 0. The van der Waals surface area contributed by atoms with E-state index >= 15 is 0 Å². The van der Waals surface area contributed by atoms with Crippen LogP contribution in [0.15, 0.2) is 199 Å². The monoisotopic (exact) mass is 700 g/mol. The highest BCUT2D eigenvalue weighted by molar-refractivity contribution is 6.20. The van der Waals surface area contributed by atoms with Crippen LogP contribution in [0.25, 0.3) is 110 Å². The lowest BCUT2D eigenvalue weighted by Crippen LogP contribution is -1.96. The second-order valence-electron chi connectivity index (χ2n) is 14.1. The molecule has 11 rings (SSSR count). The van der Waals surface area contributed by atoms with Gasteiger partial charge in [0.15, 0.2) is 5.82 Å². The number of furan rings is 1. The second-order valence-corrected chi connectivity index (χ2v) is 14.1. The van der Waals surface area contributed by atoms with Crippen molar-refractivity contribution in [1.29, 1.82) is 0 Å². The highest BCUT2D eigenvalue weighted by atomic mass is 16.3. The van der Waals surface area contributed by atoms with Gasteiger partial charge >= 0.3 is 0 Å². The van der Waals surface area contributed by atoms with Crippen LogP contribution in [-0.2, 0) is 0 Å². The highest BCUT2D eigenvalue weighted by Gasteiger charge is 2.17. The van der Waals surface area contributed by atoms with Crippen molar-refractivity contribution < 1.29 is 4.42 Å². The van der Waals surface area contributed by atoms with Crippen LogP contribution in [0.2, 0.25) is 0 Å². The van der Waals surface area contributed by atoms with E-state index in [4.69, 9.17) is 14.4 Å². The van der Waals surface area contributed by atoms with Crippen molar-refractivity contribution in [2.45, 2.75) is 0 Å². The molecular weight excluding hydrogens is 669 g/mol. The first-order valence-electron chi connectivity index (χ1n) is 18.6. The summed E-state index contributed by atoms with van der Waals surface area (Å²) < 4.78 is 6.47. The smallest absolute Gasteiger partial charge is 0.160 e. The Morgan fingerprint density at radius 3 is 1.80 bits per heavy atom. The van der Waals surface area contributed by atoms with Crippen LogP contribution in [-0.4, -0.2) is 9.97 Å². The van der Waals surface area contributed by atoms with Gasteiger partial charge in [0, 0.05) is 27.5 Å². The zero-order valence-corrected chi connectivity index (χ0v) is 29.8. The van der Waals surface area contributed by atoms with Crippen LogP contribution < -0.4 is 0 Å². The van der Waals surface area contributed by atoms with Gasteiger partial charge < -0.3 is 4.42 Å². The quantitative estimate of drug-likeness (QED) is 0.133. The predicted octanol–water partition coefficient (Wildman–Crippen LogP) is 14.2. The summed E-state index contributed by atoms with van der Waals surface area (Å²) in [5, 5.41) is 9.70. The number of nitrogens with zero attached hydrogens (tertiary/aromatic N) is 2. The Balaban J connectivity index is 1.07. The van der Waals surface area contributed by atoms with Crippen molar-refractivity contribution in [3.8, 4) is 56.2 Å². The van der Waals surface area contributed by atoms with Gasteiger partial charge in [-0.15, -0.1) is 0 Å². The molecule has 0 spiro atoms. The molecule has 0 radical (unpaired) electrons. The molecule has 9 aromatic carbocycles. The zero-order valence-electron chi connectivity index (χ0n) is 29.8. The molecule has 0 aliphatic rings. The van der Waals surface area contributed by atoms with Gasteiger partial charge in [0.2, 0.25) is 0 Å². The number of hydrogen-bond donors (Lipinski definition) is 0. The van der Waals surface area contributed by atoms with E-state index in [0.717, 1.165) is 61.1 Å². The third kappa shape index (κ3) is 5.28. The first kappa shape index (κ1) is 31.2. The van der Waals surface area contributed by atoms with E-state index in [0.29, 0.717) is 5.82 Å². The lowest BCUT2D eigenvalue weighted by atomic mass is 9.88. The van der Waals surface area contributed by atoms with E-state index in [1.165, 1.54) is 43.4 Å². The van der Waals surface area contributed by atoms with Crippen molar-refractivity contribution in [1.82, 2.24) is 9.97 Å².